The van der Waals surface area contributed by atoms with Gasteiger partial charge in [-0.05, 0) is 78.6 Å². The van der Waals surface area contributed by atoms with E-state index in [0.29, 0.717) is 13.2 Å². The van der Waals surface area contributed by atoms with Crippen LogP contribution in [0.2, 0.25) is 78.6 Å². The summed E-state index contributed by atoms with van der Waals surface area (Å²) in [5.74, 6) is 0. The summed E-state index contributed by atoms with van der Waals surface area (Å²) in [4.78, 5) is 0. The second-order valence-corrected chi connectivity index (χ2v) is 29.3. The van der Waals surface area contributed by atoms with E-state index in [0.717, 1.165) is 0 Å². The Labute approximate surface area is 172 Å². The van der Waals surface area contributed by atoms with Crippen molar-refractivity contribution >= 4 is 33.3 Å². The first kappa shape index (κ1) is 25.7. The summed E-state index contributed by atoms with van der Waals surface area (Å²) >= 11 is 0. The third kappa shape index (κ3) is 10.9. The van der Waals surface area contributed by atoms with Crippen molar-refractivity contribution in [2.75, 3.05) is 13.2 Å². The summed E-state index contributed by atoms with van der Waals surface area (Å²) < 4.78 is 32.3. The van der Waals surface area contributed by atoms with E-state index in [1.807, 2.05) is 0 Å². The lowest BCUT2D eigenvalue weighted by Gasteiger charge is -2.48. The molecule has 0 aromatic rings. The van der Waals surface area contributed by atoms with Crippen LogP contribution in [0.3, 0.4) is 0 Å². The van der Waals surface area contributed by atoms with Gasteiger partial charge in [-0.2, -0.15) is 0 Å². The maximum atomic E-state index is 6.67. The smallest absolute Gasteiger partial charge is 0.184 e. The van der Waals surface area contributed by atoms with E-state index in [1.165, 1.54) is 0 Å². The molecule has 0 saturated carbocycles. The number of hydrogen-bond donors (Lipinski definition) is 0. The van der Waals surface area contributed by atoms with Gasteiger partial charge < -0.3 is 22.4 Å². The largest absolute Gasteiger partial charge is 0.415 e. The summed E-state index contributed by atoms with van der Waals surface area (Å²) in [6.07, 6.45) is -0.423. The van der Waals surface area contributed by atoms with Crippen molar-refractivity contribution in [3.05, 3.63) is 0 Å². The number of ether oxygens (including phenoxy) is 1. The van der Waals surface area contributed by atoms with Crippen molar-refractivity contribution in [2.45, 2.75) is 103 Å². The molecule has 0 aliphatic carbocycles. The molecule has 0 radical (unpaired) electrons. The molecule has 0 aromatic carbocycles. The van der Waals surface area contributed by atoms with Gasteiger partial charge in [-0.3, -0.25) is 0 Å². The van der Waals surface area contributed by atoms with E-state index in [1.54, 1.807) is 0 Å². The van der Waals surface area contributed by atoms with Crippen molar-refractivity contribution < 1.29 is 22.4 Å². The highest BCUT2D eigenvalue weighted by Crippen LogP contribution is 2.30. The molecule has 0 aromatic heterocycles. The predicted octanol–water partition coefficient (Wildman–Crippen LogP) is 4.90. The summed E-state index contributed by atoms with van der Waals surface area (Å²) in [5, 5.41) is 0. The van der Waals surface area contributed by atoms with Crippen molar-refractivity contribution in [1.82, 2.24) is 0 Å². The molecule has 0 amide bonds. The molecule has 1 saturated heterocycles. The average molecular weight is 453 g/mol. The highest BCUT2D eigenvalue weighted by molar-refractivity contribution is 6.71. The standard InChI is InChI=1S/C18H44O5Si4/c1-24(2,3)20-14-15-17(22-26(7,8)9)18(23-27(10,11)12)16(13-19-15)21-25(4,5)6/h15-18H,13-14H2,1-12H3/t15?,16-,17?,18?/m0/s1. The molecule has 4 atom stereocenters. The third-order valence-corrected chi connectivity index (χ3v) is 7.70. The Hall–Kier alpha value is 0.668. The Bertz CT molecular complexity index is 462. The van der Waals surface area contributed by atoms with Crippen molar-refractivity contribution in [2.24, 2.45) is 0 Å². The summed E-state index contributed by atoms with van der Waals surface area (Å²) in [6.45, 7) is 27.7. The zero-order chi connectivity index (χ0) is 21.3. The molecule has 27 heavy (non-hydrogen) atoms. The molecule has 0 spiro atoms. The van der Waals surface area contributed by atoms with Gasteiger partial charge >= 0.3 is 0 Å². The molecule has 0 bridgehead atoms. The highest BCUT2D eigenvalue weighted by Gasteiger charge is 2.47. The first-order valence-corrected chi connectivity index (χ1v) is 23.8. The molecule has 162 valence electrons. The van der Waals surface area contributed by atoms with Crippen molar-refractivity contribution in [3.63, 3.8) is 0 Å². The molecule has 1 aliphatic heterocycles. The minimum Gasteiger partial charge on any atom is -0.415 e. The fourth-order valence-electron chi connectivity index (χ4n) is 2.96. The first-order chi connectivity index (χ1) is 11.9. The van der Waals surface area contributed by atoms with E-state index in [9.17, 15) is 0 Å². The third-order valence-electron chi connectivity index (χ3n) is 3.70. The maximum absolute atomic E-state index is 6.67. The molecule has 0 N–H and O–H groups in total. The van der Waals surface area contributed by atoms with Crippen LogP contribution in [0.25, 0.3) is 0 Å². The first-order valence-electron chi connectivity index (χ1n) is 10.2. The van der Waals surface area contributed by atoms with Crippen molar-refractivity contribution in [3.8, 4) is 0 Å². The van der Waals surface area contributed by atoms with Crippen LogP contribution in [0.4, 0.5) is 0 Å². The summed E-state index contributed by atoms with van der Waals surface area (Å²) in [7, 11) is -6.95. The molecule has 9 heteroatoms. The van der Waals surface area contributed by atoms with Crippen LogP contribution < -0.4 is 0 Å². The fraction of sp³-hybridized carbons (Fsp3) is 1.00. The van der Waals surface area contributed by atoms with Gasteiger partial charge in [0.1, 0.15) is 12.2 Å². The molecule has 1 rings (SSSR count). The second kappa shape index (κ2) is 9.21. The van der Waals surface area contributed by atoms with E-state index >= 15 is 0 Å². The quantitative estimate of drug-likeness (QED) is 0.466. The van der Waals surface area contributed by atoms with Gasteiger partial charge in [0.15, 0.2) is 33.3 Å². The highest BCUT2D eigenvalue weighted by atomic mass is 28.4. The lowest BCUT2D eigenvalue weighted by molar-refractivity contribution is -0.178. The number of rotatable bonds is 9. The van der Waals surface area contributed by atoms with E-state index in [-0.39, 0.29) is 24.4 Å². The Morgan fingerprint density at radius 3 is 1.48 bits per heavy atom. The Balaban J connectivity index is 3.14. The van der Waals surface area contributed by atoms with Gasteiger partial charge in [0, 0.05) is 0 Å². The molecule has 1 heterocycles. The molecular weight excluding hydrogens is 409 g/mol. The van der Waals surface area contributed by atoms with E-state index in [4.69, 9.17) is 22.4 Å². The predicted molar refractivity (Wildman–Crippen MR) is 124 cm³/mol. The fourth-order valence-corrected chi connectivity index (χ4v) is 6.94. The van der Waals surface area contributed by atoms with Crippen LogP contribution in [-0.2, 0) is 22.4 Å². The van der Waals surface area contributed by atoms with Gasteiger partial charge in [0.05, 0.1) is 25.4 Å². The second-order valence-electron chi connectivity index (χ2n) is 11.5. The minimum atomic E-state index is -1.80. The van der Waals surface area contributed by atoms with Gasteiger partial charge in [0.25, 0.3) is 0 Å². The molecule has 3 unspecified atom stereocenters. The van der Waals surface area contributed by atoms with E-state index < -0.39 is 33.3 Å². The Morgan fingerprint density at radius 1 is 0.630 bits per heavy atom. The molecule has 5 nitrogen and oxygen atoms in total. The van der Waals surface area contributed by atoms with Gasteiger partial charge in [-0.15, -0.1) is 0 Å². The Morgan fingerprint density at radius 2 is 1.07 bits per heavy atom. The average Bonchev–Trinajstić information content (AvgIpc) is 2.36. The van der Waals surface area contributed by atoms with Crippen LogP contribution in [0.5, 0.6) is 0 Å². The maximum Gasteiger partial charge on any atom is 0.184 e. The summed E-state index contributed by atoms with van der Waals surface area (Å²) in [6, 6.07) is 0. The van der Waals surface area contributed by atoms with Gasteiger partial charge in [-0.1, -0.05) is 0 Å². The minimum absolute atomic E-state index is 0.0760. The van der Waals surface area contributed by atoms with Crippen LogP contribution in [0.15, 0.2) is 0 Å². The van der Waals surface area contributed by atoms with Crippen molar-refractivity contribution in [1.29, 1.82) is 0 Å². The van der Waals surface area contributed by atoms with Gasteiger partial charge in [0.2, 0.25) is 0 Å². The number of hydrogen-bond acceptors (Lipinski definition) is 5. The lowest BCUT2D eigenvalue weighted by atomic mass is 10.0. The van der Waals surface area contributed by atoms with Gasteiger partial charge in [-0.25, -0.2) is 0 Å². The zero-order valence-electron chi connectivity index (χ0n) is 19.8. The van der Waals surface area contributed by atoms with Crippen LogP contribution in [0, 0.1) is 0 Å². The van der Waals surface area contributed by atoms with E-state index in [2.05, 4.69) is 78.6 Å². The molecule has 1 fully saturated rings. The Kier molecular flexibility index (Phi) is 8.77. The SMILES string of the molecule is C[Si](C)(C)OCC1OC[C@H](O[Si](C)(C)C)C(O[Si](C)(C)C)C1O[Si](C)(C)C. The molecule has 1 aliphatic rings. The monoisotopic (exact) mass is 452 g/mol. The van der Waals surface area contributed by atoms with Crippen LogP contribution in [0.1, 0.15) is 0 Å². The lowest BCUT2D eigenvalue weighted by Crippen LogP contribution is -2.63. The zero-order valence-corrected chi connectivity index (χ0v) is 23.8. The summed E-state index contributed by atoms with van der Waals surface area (Å²) in [5.41, 5.74) is 0. The van der Waals surface area contributed by atoms with Crippen LogP contribution in [-0.4, -0.2) is 70.9 Å². The molecular formula is C18H44O5Si4. The normalized spacial score (nSPS) is 28.4. The van der Waals surface area contributed by atoms with Crippen LogP contribution >= 0.6 is 0 Å². The topological polar surface area (TPSA) is 46.2 Å².